The van der Waals surface area contributed by atoms with Crippen molar-refractivity contribution in [3.8, 4) is 0 Å². The van der Waals surface area contributed by atoms with E-state index >= 15 is 0 Å². The summed E-state index contributed by atoms with van der Waals surface area (Å²) < 4.78 is -1.82. The number of nitro groups is 1. The first-order valence-corrected chi connectivity index (χ1v) is 8.25. The molecule has 2 aromatic carbocycles. The monoisotopic (exact) mass is 401 g/mol. The van der Waals surface area contributed by atoms with Gasteiger partial charge in [-0.3, -0.25) is 14.9 Å². The normalized spacial score (nSPS) is 12.3. The van der Waals surface area contributed by atoms with Gasteiger partial charge in [0, 0.05) is 23.4 Å². The van der Waals surface area contributed by atoms with Crippen molar-refractivity contribution in [3.05, 3.63) is 69.8 Å². The molecule has 0 fully saturated rings. The molecule has 0 spiro atoms. The fourth-order valence-electron chi connectivity index (χ4n) is 2.05. The molecule has 6 nitrogen and oxygen atoms in total. The summed E-state index contributed by atoms with van der Waals surface area (Å²) in [5, 5.41) is 16.2. The van der Waals surface area contributed by atoms with E-state index in [1.54, 1.807) is 6.07 Å². The maximum absolute atomic E-state index is 12.3. The average Bonchev–Trinajstić information content (AvgIpc) is 2.53. The number of benzene rings is 2. The third-order valence-electron chi connectivity index (χ3n) is 3.27. The molecular formula is C16H14Cl3N3O3. The molecular weight excluding hydrogens is 389 g/mol. The molecule has 2 N–H and O–H groups in total. The van der Waals surface area contributed by atoms with Crippen LogP contribution in [0.1, 0.15) is 15.9 Å². The Morgan fingerprint density at radius 2 is 1.80 bits per heavy atom. The average molecular weight is 403 g/mol. The Hall–Kier alpha value is -2.02. The number of nitro benzene ring substituents is 1. The Morgan fingerprint density at radius 1 is 1.16 bits per heavy atom. The lowest BCUT2D eigenvalue weighted by Gasteiger charge is -2.27. The summed E-state index contributed by atoms with van der Waals surface area (Å²) in [6.07, 6.45) is -1.01. The van der Waals surface area contributed by atoms with Gasteiger partial charge in [0.15, 0.2) is 0 Å². The molecule has 0 saturated carbocycles. The number of rotatable bonds is 5. The number of halogens is 3. The van der Waals surface area contributed by atoms with Gasteiger partial charge in [0.05, 0.1) is 4.92 Å². The van der Waals surface area contributed by atoms with Crippen LogP contribution in [0.25, 0.3) is 0 Å². The van der Waals surface area contributed by atoms with E-state index in [4.69, 9.17) is 34.8 Å². The maximum Gasteiger partial charge on any atom is 0.269 e. The van der Waals surface area contributed by atoms with E-state index in [-0.39, 0.29) is 11.3 Å². The molecule has 0 aliphatic heterocycles. The van der Waals surface area contributed by atoms with E-state index in [1.165, 1.54) is 24.3 Å². The first-order valence-electron chi connectivity index (χ1n) is 7.12. The summed E-state index contributed by atoms with van der Waals surface area (Å²) in [4.78, 5) is 22.5. The van der Waals surface area contributed by atoms with Crippen LogP contribution in [0.15, 0.2) is 48.5 Å². The summed E-state index contributed by atoms with van der Waals surface area (Å²) in [6.45, 7) is 1.91. The number of nitrogens with one attached hydrogen (secondary N) is 2. The van der Waals surface area contributed by atoms with Crippen molar-refractivity contribution in [1.29, 1.82) is 0 Å². The maximum atomic E-state index is 12.3. The fourth-order valence-corrected chi connectivity index (χ4v) is 2.38. The van der Waals surface area contributed by atoms with Crippen molar-refractivity contribution in [2.24, 2.45) is 0 Å². The number of carbonyl (C=O) groups is 1. The van der Waals surface area contributed by atoms with Gasteiger partial charge >= 0.3 is 0 Å². The molecule has 0 aliphatic carbocycles. The van der Waals surface area contributed by atoms with Gasteiger partial charge in [-0.1, -0.05) is 46.9 Å². The van der Waals surface area contributed by atoms with Gasteiger partial charge < -0.3 is 10.6 Å². The molecule has 2 rings (SSSR count). The highest BCUT2D eigenvalue weighted by Gasteiger charge is 2.34. The van der Waals surface area contributed by atoms with Crippen LogP contribution in [0.5, 0.6) is 0 Å². The molecule has 0 bridgehead atoms. The molecule has 0 unspecified atom stereocenters. The van der Waals surface area contributed by atoms with Crippen LogP contribution in [0.3, 0.4) is 0 Å². The number of non-ortho nitro benzene ring substituents is 1. The van der Waals surface area contributed by atoms with Gasteiger partial charge in [-0.15, -0.1) is 0 Å². The highest BCUT2D eigenvalue weighted by atomic mass is 35.6. The lowest BCUT2D eigenvalue weighted by atomic mass is 10.2. The van der Waals surface area contributed by atoms with Gasteiger partial charge in [0.25, 0.3) is 11.6 Å². The van der Waals surface area contributed by atoms with E-state index in [1.807, 2.05) is 25.1 Å². The van der Waals surface area contributed by atoms with Gasteiger partial charge in [-0.25, -0.2) is 0 Å². The standard InChI is InChI=1S/C16H14Cl3N3O3/c1-10-3-2-4-12(9-10)20-15(16(17,18)19)21-14(23)11-5-7-13(8-6-11)22(24)25/h2-9,15,20H,1H3,(H,21,23)/t15-/m1/s1. The second-order valence-electron chi connectivity index (χ2n) is 5.27. The zero-order valence-corrected chi connectivity index (χ0v) is 15.3. The van der Waals surface area contributed by atoms with E-state index < -0.39 is 20.8 Å². The second-order valence-corrected chi connectivity index (χ2v) is 7.63. The van der Waals surface area contributed by atoms with E-state index in [9.17, 15) is 14.9 Å². The highest BCUT2D eigenvalue weighted by Crippen LogP contribution is 2.31. The number of alkyl halides is 3. The lowest BCUT2D eigenvalue weighted by molar-refractivity contribution is -0.384. The number of anilines is 1. The lowest BCUT2D eigenvalue weighted by Crippen LogP contribution is -2.49. The third-order valence-corrected chi connectivity index (χ3v) is 3.93. The molecule has 1 atom stereocenters. The fraction of sp³-hybridized carbons (Fsp3) is 0.188. The number of carbonyl (C=O) groups excluding carboxylic acids is 1. The summed E-state index contributed by atoms with van der Waals surface area (Å²) in [5.74, 6) is -0.536. The SMILES string of the molecule is Cc1cccc(N[C@H](NC(=O)c2ccc([N+](=O)[O-])cc2)C(Cl)(Cl)Cl)c1. The first kappa shape index (κ1) is 19.3. The minimum atomic E-state index is -1.82. The first-order chi connectivity index (χ1) is 11.7. The smallest absolute Gasteiger partial charge is 0.269 e. The minimum absolute atomic E-state index is 0.118. The molecule has 2 aromatic rings. The van der Waals surface area contributed by atoms with Gasteiger partial charge in [-0.2, -0.15) is 0 Å². The Morgan fingerprint density at radius 3 is 2.32 bits per heavy atom. The molecule has 0 heterocycles. The van der Waals surface area contributed by atoms with E-state index in [0.717, 1.165) is 5.56 Å². The van der Waals surface area contributed by atoms with Crippen molar-refractivity contribution in [2.45, 2.75) is 16.9 Å². The predicted octanol–water partition coefficient (Wildman–Crippen LogP) is 4.44. The van der Waals surface area contributed by atoms with Crippen molar-refractivity contribution < 1.29 is 9.72 Å². The van der Waals surface area contributed by atoms with E-state index in [2.05, 4.69) is 10.6 Å². The van der Waals surface area contributed by atoms with Crippen LogP contribution in [0, 0.1) is 17.0 Å². The topological polar surface area (TPSA) is 84.3 Å². The molecule has 9 heteroatoms. The van der Waals surface area contributed by atoms with Crippen LogP contribution < -0.4 is 10.6 Å². The van der Waals surface area contributed by atoms with Crippen molar-refractivity contribution in [3.63, 3.8) is 0 Å². The summed E-state index contributed by atoms with van der Waals surface area (Å²) in [6, 6.07) is 12.5. The quantitative estimate of drug-likeness (QED) is 0.335. The summed E-state index contributed by atoms with van der Waals surface area (Å²) >= 11 is 17.9. The number of hydrogen-bond donors (Lipinski definition) is 2. The minimum Gasteiger partial charge on any atom is -0.362 e. The Kier molecular flexibility index (Phi) is 6.11. The number of aryl methyl sites for hydroxylation is 1. The van der Waals surface area contributed by atoms with Crippen LogP contribution in [-0.4, -0.2) is 20.8 Å². The molecule has 1 amide bonds. The highest BCUT2D eigenvalue weighted by molar-refractivity contribution is 6.68. The Labute approximate surface area is 159 Å². The molecule has 132 valence electrons. The molecule has 0 aromatic heterocycles. The van der Waals surface area contributed by atoms with Crippen molar-refractivity contribution in [1.82, 2.24) is 5.32 Å². The number of nitrogens with zero attached hydrogens (tertiary/aromatic N) is 1. The predicted molar refractivity (Wildman–Crippen MR) is 99.4 cm³/mol. The van der Waals surface area contributed by atoms with Crippen LogP contribution in [0.4, 0.5) is 11.4 Å². The Balaban J connectivity index is 2.16. The summed E-state index contributed by atoms with van der Waals surface area (Å²) in [5.41, 5.74) is 1.75. The Bertz CT molecular complexity index is 776. The zero-order chi connectivity index (χ0) is 18.6. The molecule has 0 aliphatic rings. The molecule has 0 radical (unpaired) electrons. The largest absolute Gasteiger partial charge is 0.362 e. The number of amides is 1. The molecule has 25 heavy (non-hydrogen) atoms. The zero-order valence-electron chi connectivity index (χ0n) is 13.0. The van der Waals surface area contributed by atoms with Gasteiger partial charge in [-0.05, 0) is 36.8 Å². The second kappa shape index (κ2) is 7.91. The molecule has 0 saturated heterocycles. The third kappa shape index (κ3) is 5.49. The van der Waals surface area contributed by atoms with Crippen LogP contribution >= 0.6 is 34.8 Å². The van der Waals surface area contributed by atoms with Crippen molar-refractivity contribution >= 4 is 52.1 Å². The van der Waals surface area contributed by atoms with Gasteiger partial charge in [0.1, 0.15) is 6.17 Å². The van der Waals surface area contributed by atoms with Crippen LogP contribution in [-0.2, 0) is 0 Å². The summed E-state index contributed by atoms with van der Waals surface area (Å²) in [7, 11) is 0. The van der Waals surface area contributed by atoms with Gasteiger partial charge in [0.2, 0.25) is 3.79 Å². The van der Waals surface area contributed by atoms with E-state index in [0.29, 0.717) is 5.69 Å². The number of hydrogen-bond acceptors (Lipinski definition) is 4. The van der Waals surface area contributed by atoms with Crippen molar-refractivity contribution in [2.75, 3.05) is 5.32 Å². The van der Waals surface area contributed by atoms with Crippen LogP contribution in [0.2, 0.25) is 0 Å².